The predicted octanol–water partition coefficient (Wildman–Crippen LogP) is -0.0001000. The van der Waals surface area contributed by atoms with Gasteiger partial charge in [0.25, 0.3) is 0 Å². The van der Waals surface area contributed by atoms with Gasteiger partial charge >= 0.3 is 0 Å². The molecule has 0 bridgehead atoms. The maximum Gasteiger partial charge on any atom is 0.104 e. The number of hydroxylamine groups is 1. The lowest BCUT2D eigenvalue weighted by Crippen LogP contribution is -2.15. The highest BCUT2D eigenvalue weighted by atomic mass is 16.6. The summed E-state index contributed by atoms with van der Waals surface area (Å²) in [5.74, 6) is 0. The van der Waals surface area contributed by atoms with E-state index in [-0.39, 0.29) is 0 Å². The van der Waals surface area contributed by atoms with Gasteiger partial charge in [-0.15, -0.1) is 0 Å². The molecule has 0 atom stereocenters. The van der Waals surface area contributed by atoms with E-state index in [1.54, 1.807) is 0 Å². The Morgan fingerprint density at radius 2 is 2.50 bits per heavy atom. The van der Waals surface area contributed by atoms with Crippen molar-refractivity contribution in [3.63, 3.8) is 0 Å². The zero-order valence-electron chi connectivity index (χ0n) is 4.89. The van der Waals surface area contributed by atoms with Gasteiger partial charge in [0.05, 0.1) is 0 Å². The average molecular weight is 116 g/mol. The number of nitrogens with two attached hydrogens (primary N) is 1. The molecular weight excluding hydrogens is 104 g/mol. The van der Waals surface area contributed by atoms with Gasteiger partial charge in [-0.1, -0.05) is 6.58 Å². The first-order valence-corrected chi connectivity index (χ1v) is 2.61. The summed E-state index contributed by atoms with van der Waals surface area (Å²) < 4.78 is 0. The van der Waals surface area contributed by atoms with E-state index in [1.165, 1.54) is 6.26 Å². The summed E-state index contributed by atoms with van der Waals surface area (Å²) >= 11 is 0. The Labute approximate surface area is 49.5 Å². The van der Waals surface area contributed by atoms with Crippen LogP contribution < -0.4 is 11.2 Å². The lowest BCUT2D eigenvalue weighted by molar-refractivity contribution is 0.135. The van der Waals surface area contributed by atoms with Crippen molar-refractivity contribution in [1.82, 2.24) is 5.48 Å². The van der Waals surface area contributed by atoms with E-state index in [0.717, 1.165) is 13.0 Å². The molecule has 0 aliphatic rings. The normalized spacial score (nSPS) is 8.62. The molecule has 0 aliphatic heterocycles. The Balaban J connectivity index is 2.62. The van der Waals surface area contributed by atoms with Crippen molar-refractivity contribution in [2.24, 2.45) is 5.73 Å². The fourth-order valence-electron chi connectivity index (χ4n) is 0.292. The number of rotatable bonds is 5. The molecule has 0 fully saturated rings. The minimum atomic E-state index is 0.688. The Morgan fingerprint density at radius 3 is 3.00 bits per heavy atom. The quantitative estimate of drug-likeness (QED) is 0.302. The summed E-state index contributed by atoms with van der Waals surface area (Å²) in [5.41, 5.74) is 7.83. The molecule has 0 aromatic carbocycles. The monoisotopic (exact) mass is 116 g/mol. The van der Waals surface area contributed by atoms with Crippen LogP contribution in [0.4, 0.5) is 0 Å². The van der Waals surface area contributed by atoms with Crippen LogP contribution in [0, 0.1) is 0 Å². The Kier molecular flexibility index (Phi) is 6.02. The topological polar surface area (TPSA) is 47.3 Å². The van der Waals surface area contributed by atoms with E-state index in [0.29, 0.717) is 6.54 Å². The van der Waals surface area contributed by atoms with Crippen LogP contribution in [0.1, 0.15) is 6.42 Å². The third-order valence-electron chi connectivity index (χ3n) is 0.650. The molecule has 0 rings (SSSR count). The van der Waals surface area contributed by atoms with E-state index >= 15 is 0 Å². The second kappa shape index (κ2) is 6.46. The summed E-state index contributed by atoms with van der Waals surface area (Å²) in [5, 5.41) is 0. The fourth-order valence-corrected chi connectivity index (χ4v) is 0.292. The second-order valence-electron chi connectivity index (χ2n) is 1.32. The molecule has 0 saturated heterocycles. The highest BCUT2D eigenvalue weighted by molar-refractivity contribution is 4.46. The van der Waals surface area contributed by atoms with Crippen LogP contribution in [-0.2, 0) is 4.84 Å². The molecule has 3 nitrogen and oxygen atoms in total. The molecular formula is C5H12N2O. The molecule has 0 amide bonds. The third-order valence-corrected chi connectivity index (χ3v) is 0.650. The smallest absolute Gasteiger partial charge is 0.104 e. The molecule has 0 saturated carbocycles. The maximum atomic E-state index is 5.19. The molecule has 3 N–H and O–H groups in total. The summed E-state index contributed by atoms with van der Waals surface area (Å²) in [4.78, 5) is 4.59. The molecule has 0 aromatic rings. The minimum absolute atomic E-state index is 0.688. The van der Waals surface area contributed by atoms with Gasteiger partial charge < -0.3 is 10.6 Å². The van der Waals surface area contributed by atoms with Gasteiger partial charge in [-0.25, -0.2) is 0 Å². The van der Waals surface area contributed by atoms with Crippen molar-refractivity contribution >= 4 is 0 Å². The van der Waals surface area contributed by atoms with Crippen molar-refractivity contribution in [2.45, 2.75) is 6.42 Å². The zero-order valence-corrected chi connectivity index (χ0v) is 4.89. The summed E-state index contributed by atoms with van der Waals surface area (Å²) in [6, 6.07) is 0. The standard InChI is InChI=1S/C5H12N2O/c1-2-8-7-5-3-4-6/h2,7H,1,3-6H2. The third kappa shape index (κ3) is 5.46. The summed E-state index contributed by atoms with van der Waals surface area (Å²) in [7, 11) is 0. The van der Waals surface area contributed by atoms with Crippen molar-refractivity contribution < 1.29 is 4.84 Å². The van der Waals surface area contributed by atoms with E-state index < -0.39 is 0 Å². The maximum absolute atomic E-state index is 5.19. The van der Waals surface area contributed by atoms with Gasteiger partial charge in [0.2, 0.25) is 0 Å². The molecule has 8 heavy (non-hydrogen) atoms. The van der Waals surface area contributed by atoms with Crippen molar-refractivity contribution in [1.29, 1.82) is 0 Å². The van der Waals surface area contributed by atoms with Gasteiger partial charge in [-0.2, -0.15) is 5.48 Å². The second-order valence-corrected chi connectivity index (χ2v) is 1.32. The first-order chi connectivity index (χ1) is 3.91. The van der Waals surface area contributed by atoms with E-state index in [9.17, 15) is 0 Å². The minimum Gasteiger partial charge on any atom is -0.417 e. The molecule has 3 heteroatoms. The summed E-state index contributed by atoms with van der Waals surface area (Å²) in [6.07, 6.45) is 2.27. The Morgan fingerprint density at radius 1 is 1.75 bits per heavy atom. The average Bonchev–Trinajstić information content (AvgIpc) is 1.81. The zero-order chi connectivity index (χ0) is 6.24. The van der Waals surface area contributed by atoms with Crippen LogP contribution in [0.3, 0.4) is 0 Å². The molecule has 0 heterocycles. The van der Waals surface area contributed by atoms with Crippen LogP contribution in [0.25, 0.3) is 0 Å². The Bertz CT molecular complexity index is 56.4. The van der Waals surface area contributed by atoms with Crippen molar-refractivity contribution in [3.8, 4) is 0 Å². The number of hydrogen-bond acceptors (Lipinski definition) is 3. The first kappa shape index (κ1) is 7.46. The van der Waals surface area contributed by atoms with Gasteiger partial charge in [0.1, 0.15) is 6.26 Å². The number of hydrogen-bond donors (Lipinski definition) is 2. The Hall–Kier alpha value is -0.540. The SMILES string of the molecule is C=CONCCCN. The highest BCUT2D eigenvalue weighted by Gasteiger charge is 1.78. The molecule has 0 radical (unpaired) electrons. The lowest BCUT2D eigenvalue weighted by Gasteiger charge is -1.98. The van der Waals surface area contributed by atoms with Crippen molar-refractivity contribution in [2.75, 3.05) is 13.1 Å². The van der Waals surface area contributed by atoms with Crippen LogP contribution in [0.2, 0.25) is 0 Å². The molecule has 0 aromatic heterocycles. The number of nitrogens with one attached hydrogen (secondary N) is 1. The van der Waals surface area contributed by atoms with Crippen LogP contribution >= 0.6 is 0 Å². The largest absolute Gasteiger partial charge is 0.417 e. The first-order valence-electron chi connectivity index (χ1n) is 2.61. The van der Waals surface area contributed by atoms with E-state index in [4.69, 9.17) is 5.73 Å². The van der Waals surface area contributed by atoms with Gasteiger partial charge in [-0.05, 0) is 13.0 Å². The lowest BCUT2D eigenvalue weighted by atomic mass is 10.4. The van der Waals surface area contributed by atoms with Crippen LogP contribution in [-0.4, -0.2) is 13.1 Å². The summed E-state index contributed by atoms with van der Waals surface area (Å²) in [6.45, 7) is 4.81. The van der Waals surface area contributed by atoms with Crippen LogP contribution in [0.15, 0.2) is 12.8 Å². The van der Waals surface area contributed by atoms with Crippen molar-refractivity contribution in [3.05, 3.63) is 12.8 Å². The fraction of sp³-hybridized carbons (Fsp3) is 0.600. The highest BCUT2D eigenvalue weighted by Crippen LogP contribution is 1.69. The van der Waals surface area contributed by atoms with E-state index in [2.05, 4.69) is 16.9 Å². The molecule has 48 valence electrons. The van der Waals surface area contributed by atoms with Gasteiger partial charge in [0, 0.05) is 6.54 Å². The predicted molar refractivity (Wildman–Crippen MR) is 33.0 cm³/mol. The van der Waals surface area contributed by atoms with Gasteiger partial charge in [-0.3, -0.25) is 0 Å². The van der Waals surface area contributed by atoms with Crippen LogP contribution in [0.5, 0.6) is 0 Å². The molecule has 0 aliphatic carbocycles. The van der Waals surface area contributed by atoms with Gasteiger partial charge in [0.15, 0.2) is 0 Å². The molecule has 0 unspecified atom stereocenters. The molecule has 0 spiro atoms. The van der Waals surface area contributed by atoms with E-state index in [1.807, 2.05) is 0 Å².